The molecular formula is C12H10N2O3. The van der Waals surface area contributed by atoms with Crippen molar-refractivity contribution in [2.24, 2.45) is 0 Å². The summed E-state index contributed by atoms with van der Waals surface area (Å²) in [7, 11) is 0. The third kappa shape index (κ3) is 2.78. The minimum Gasteiger partial charge on any atom is -0.477 e. The number of nitrogens with zero attached hydrogens (tertiary/aromatic N) is 2. The Kier molecular flexibility index (Phi) is 3.30. The Bertz CT molecular complexity index is 514. The summed E-state index contributed by atoms with van der Waals surface area (Å²) in [6.07, 6.45) is 3.13. The molecule has 0 aliphatic rings. The van der Waals surface area contributed by atoms with Crippen LogP contribution in [-0.4, -0.2) is 21.0 Å². The molecule has 1 N–H and O–H groups in total. The number of ether oxygens (including phenoxy) is 1. The predicted molar refractivity (Wildman–Crippen MR) is 59.8 cm³/mol. The number of rotatable bonds is 4. The summed E-state index contributed by atoms with van der Waals surface area (Å²) < 4.78 is 5.33. The molecule has 0 unspecified atom stereocenters. The van der Waals surface area contributed by atoms with Crippen LogP contribution in [0, 0.1) is 0 Å². The Morgan fingerprint density at radius 1 is 1.18 bits per heavy atom. The van der Waals surface area contributed by atoms with E-state index in [2.05, 4.69) is 9.97 Å². The van der Waals surface area contributed by atoms with Crippen LogP contribution in [0.25, 0.3) is 0 Å². The summed E-state index contributed by atoms with van der Waals surface area (Å²) in [5.74, 6) is -0.959. The lowest BCUT2D eigenvalue weighted by molar-refractivity contribution is 0.0690. The fourth-order valence-corrected chi connectivity index (χ4v) is 1.29. The topological polar surface area (TPSA) is 72.3 Å². The number of pyridine rings is 2. The number of carboxylic acid groups (broad SMARTS) is 1. The van der Waals surface area contributed by atoms with E-state index in [1.807, 2.05) is 6.07 Å². The summed E-state index contributed by atoms with van der Waals surface area (Å²) in [5.41, 5.74) is 0.762. The molecule has 0 saturated carbocycles. The van der Waals surface area contributed by atoms with Crippen molar-refractivity contribution >= 4 is 5.97 Å². The Morgan fingerprint density at radius 3 is 2.71 bits per heavy atom. The predicted octanol–water partition coefficient (Wildman–Crippen LogP) is 1.75. The molecule has 0 aliphatic heterocycles. The number of carboxylic acids is 1. The Balaban J connectivity index is 2.12. The van der Waals surface area contributed by atoms with Crippen molar-refractivity contribution in [3.8, 4) is 5.88 Å². The molecule has 0 spiro atoms. The average molecular weight is 230 g/mol. The van der Waals surface area contributed by atoms with Gasteiger partial charge in [-0.2, -0.15) is 0 Å². The van der Waals surface area contributed by atoms with E-state index in [0.717, 1.165) is 5.69 Å². The summed E-state index contributed by atoms with van der Waals surface area (Å²) in [4.78, 5) is 18.8. The van der Waals surface area contributed by atoms with E-state index in [9.17, 15) is 4.79 Å². The quantitative estimate of drug-likeness (QED) is 0.866. The van der Waals surface area contributed by atoms with Crippen molar-refractivity contribution in [2.45, 2.75) is 6.61 Å². The third-order valence-corrected chi connectivity index (χ3v) is 2.08. The lowest BCUT2D eigenvalue weighted by Crippen LogP contribution is -2.05. The number of aromatic carboxylic acids is 1. The van der Waals surface area contributed by atoms with Gasteiger partial charge in [0, 0.05) is 12.4 Å². The van der Waals surface area contributed by atoms with Crippen molar-refractivity contribution < 1.29 is 14.6 Å². The summed E-state index contributed by atoms with van der Waals surface area (Å²) in [5, 5.41) is 8.93. The van der Waals surface area contributed by atoms with Crippen molar-refractivity contribution in [2.75, 3.05) is 0 Å². The lowest BCUT2D eigenvalue weighted by atomic mass is 10.3. The number of hydrogen-bond donors (Lipinski definition) is 1. The van der Waals surface area contributed by atoms with Gasteiger partial charge >= 0.3 is 5.97 Å². The van der Waals surface area contributed by atoms with Gasteiger partial charge in [0.25, 0.3) is 0 Å². The van der Waals surface area contributed by atoms with E-state index in [-0.39, 0.29) is 18.1 Å². The van der Waals surface area contributed by atoms with E-state index in [4.69, 9.17) is 9.84 Å². The van der Waals surface area contributed by atoms with Crippen LogP contribution in [0.15, 0.2) is 42.7 Å². The monoisotopic (exact) mass is 230 g/mol. The standard InChI is InChI=1S/C12H10N2O3/c15-12(16)10-5-3-7-14-11(10)17-8-9-4-1-2-6-13-9/h1-7H,8H2,(H,15,16). The van der Waals surface area contributed by atoms with Gasteiger partial charge in [-0.15, -0.1) is 0 Å². The third-order valence-electron chi connectivity index (χ3n) is 2.08. The van der Waals surface area contributed by atoms with Crippen LogP contribution in [-0.2, 0) is 6.61 Å². The highest BCUT2D eigenvalue weighted by Gasteiger charge is 2.11. The molecule has 0 amide bonds. The van der Waals surface area contributed by atoms with Gasteiger partial charge in [0.05, 0.1) is 5.69 Å². The van der Waals surface area contributed by atoms with Gasteiger partial charge in [-0.1, -0.05) is 6.07 Å². The highest BCUT2D eigenvalue weighted by atomic mass is 16.5. The lowest BCUT2D eigenvalue weighted by Gasteiger charge is -2.06. The molecular weight excluding hydrogens is 220 g/mol. The minimum atomic E-state index is -1.06. The van der Waals surface area contributed by atoms with Crippen LogP contribution in [0.5, 0.6) is 5.88 Å². The molecule has 0 atom stereocenters. The van der Waals surface area contributed by atoms with Gasteiger partial charge in [-0.25, -0.2) is 9.78 Å². The molecule has 0 saturated heterocycles. The number of aromatic nitrogens is 2. The Hall–Kier alpha value is -2.43. The number of carbonyl (C=O) groups is 1. The van der Waals surface area contributed by atoms with Gasteiger partial charge in [-0.3, -0.25) is 4.98 Å². The molecule has 2 aromatic rings. The first-order chi connectivity index (χ1) is 8.27. The SMILES string of the molecule is O=C(O)c1cccnc1OCc1ccccn1. The minimum absolute atomic E-state index is 0.0448. The van der Waals surface area contributed by atoms with E-state index in [1.165, 1.54) is 12.3 Å². The molecule has 0 fully saturated rings. The van der Waals surface area contributed by atoms with E-state index >= 15 is 0 Å². The first kappa shape index (κ1) is 11.1. The van der Waals surface area contributed by atoms with Crippen LogP contribution in [0.3, 0.4) is 0 Å². The highest BCUT2D eigenvalue weighted by Crippen LogP contribution is 2.15. The van der Waals surface area contributed by atoms with Gasteiger partial charge in [0.2, 0.25) is 5.88 Å². The summed E-state index contributed by atoms with van der Waals surface area (Å²) >= 11 is 0. The number of hydrogen-bond acceptors (Lipinski definition) is 4. The zero-order valence-electron chi connectivity index (χ0n) is 8.91. The normalized spacial score (nSPS) is 9.88. The molecule has 5 nitrogen and oxygen atoms in total. The van der Waals surface area contributed by atoms with Gasteiger partial charge < -0.3 is 9.84 Å². The molecule has 17 heavy (non-hydrogen) atoms. The molecule has 0 bridgehead atoms. The zero-order valence-corrected chi connectivity index (χ0v) is 8.91. The summed E-state index contributed by atoms with van der Waals surface area (Å²) in [6.45, 7) is 0.193. The van der Waals surface area contributed by atoms with Crippen molar-refractivity contribution in [1.29, 1.82) is 0 Å². The van der Waals surface area contributed by atoms with Crippen molar-refractivity contribution in [3.05, 3.63) is 54.0 Å². The van der Waals surface area contributed by atoms with E-state index in [1.54, 1.807) is 24.4 Å². The molecule has 2 rings (SSSR count). The van der Waals surface area contributed by atoms with Crippen LogP contribution >= 0.6 is 0 Å². The first-order valence-corrected chi connectivity index (χ1v) is 4.98. The van der Waals surface area contributed by atoms with Crippen molar-refractivity contribution in [3.63, 3.8) is 0 Å². The second kappa shape index (κ2) is 5.07. The van der Waals surface area contributed by atoms with Crippen LogP contribution in [0.1, 0.15) is 16.1 Å². The largest absolute Gasteiger partial charge is 0.477 e. The fourth-order valence-electron chi connectivity index (χ4n) is 1.29. The molecule has 0 radical (unpaired) electrons. The van der Waals surface area contributed by atoms with Crippen LogP contribution < -0.4 is 4.74 Å². The van der Waals surface area contributed by atoms with E-state index < -0.39 is 5.97 Å². The second-order valence-corrected chi connectivity index (χ2v) is 3.27. The maximum absolute atomic E-state index is 10.9. The van der Waals surface area contributed by atoms with Gasteiger partial charge in [-0.05, 0) is 24.3 Å². The van der Waals surface area contributed by atoms with E-state index in [0.29, 0.717) is 0 Å². The Morgan fingerprint density at radius 2 is 2.00 bits per heavy atom. The van der Waals surface area contributed by atoms with Crippen LogP contribution in [0.4, 0.5) is 0 Å². The Labute approximate surface area is 97.7 Å². The summed E-state index contributed by atoms with van der Waals surface area (Å²) in [6, 6.07) is 8.43. The highest BCUT2D eigenvalue weighted by molar-refractivity contribution is 5.90. The molecule has 86 valence electrons. The second-order valence-electron chi connectivity index (χ2n) is 3.27. The molecule has 2 aromatic heterocycles. The smallest absolute Gasteiger partial charge is 0.341 e. The van der Waals surface area contributed by atoms with Gasteiger partial charge in [0.1, 0.15) is 12.2 Å². The van der Waals surface area contributed by atoms with Crippen molar-refractivity contribution in [1.82, 2.24) is 9.97 Å². The zero-order chi connectivity index (χ0) is 12.1. The maximum Gasteiger partial charge on any atom is 0.341 e. The molecule has 2 heterocycles. The fraction of sp³-hybridized carbons (Fsp3) is 0.0833. The van der Waals surface area contributed by atoms with Crippen LogP contribution in [0.2, 0.25) is 0 Å². The molecule has 5 heteroatoms. The molecule has 0 aromatic carbocycles. The average Bonchev–Trinajstić information content (AvgIpc) is 2.38. The first-order valence-electron chi connectivity index (χ1n) is 4.98. The molecule has 0 aliphatic carbocycles. The maximum atomic E-state index is 10.9. The van der Waals surface area contributed by atoms with Gasteiger partial charge in [0.15, 0.2) is 0 Å².